The van der Waals surface area contributed by atoms with E-state index in [4.69, 9.17) is 22.7 Å². The van der Waals surface area contributed by atoms with E-state index in [1.54, 1.807) is 18.4 Å². The lowest BCUT2D eigenvalue weighted by molar-refractivity contribution is -0.117. The second-order valence-corrected chi connectivity index (χ2v) is 10.3. The number of rotatable bonds is 11. The van der Waals surface area contributed by atoms with E-state index in [1.807, 2.05) is 43.6 Å². The van der Waals surface area contributed by atoms with E-state index in [0.29, 0.717) is 5.54 Å². The molecule has 2 heterocycles. The number of nitrogens with one attached hydrogen (secondary N) is 3. The van der Waals surface area contributed by atoms with Crippen molar-refractivity contribution in [3.8, 4) is 5.75 Å². The average molecular weight is 502 g/mol. The first kappa shape index (κ1) is 26.0. The number of anilines is 1. The number of hydrogen-bond acceptors (Lipinski definition) is 6. The second-order valence-electron chi connectivity index (χ2n) is 8.82. The Labute approximate surface area is 210 Å². The highest BCUT2D eigenvalue weighted by Gasteiger charge is 2.42. The summed E-state index contributed by atoms with van der Waals surface area (Å²) in [7, 11) is 1.62. The highest BCUT2D eigenvalue weighted by atomic mass is 32.1. The van der Waals surface area contributed by atoms with Gasteiger partial charge in [-0.1, -0.05) is 25.1 Å². The van der Waals surface area contributed by atoms with Gasteiger partial charge in [-0.3, -0.25) is 4.79 Å². The topological polar surface area (TPSA) is 105 Å². The first-order valence-electron chi connectivity index (χ1n) is 11.7. The van der Waals surface area contributed by atoms with Gasteiger partial charge in [0.25, 0.3) is 0 Å². The van der Waals surface area contributed by atoms with Crippen molar-refractivity contribution in [2.45, 2.75) is 64.3 Å². The molecule has 1 aromatic carbocycles. The molecule has 1 aliphatic rings. The van der Waals surface area contributed by atoms with Gasteiger partial charge in [-0.05, 0) is 63.3 Å². The number of aromatic nitrogens is 2. The van der Waals surface area contributed by atoms with Gasteiger partial charge in [0.1, 0.15) is 5.75 Å². The van der Waals surface area contributed by atoms with Gasteiger partial charge in [-0.2, -0.15) is 0 Å². The minimum Gasteiger partial charge on any atom is -0.497 e. The zero-order chi connectivity index (χ0) is 24.6. The Balaban J connectivity index is 0.000000192. The number of aromatic amines is 1. The number of thiocarbonyl (C=S) groups is 1. The third kappa shape index (κ3) is 7.70. The Morgan fingerprint density at radius 2 is 2.12 bits per heavy atom. The van der Waals surface area contributed by atoms with Crippen molar-refractivity contribution in [3.05, 3.63) is 41.0 Å². The lowest BCUT2D eigenvalue weighted by atomic mass is 10.1. The van der Waals surface area contributed by atoms with Crippen LogP contribution in [0.2, 0.25) is 0 Å². The Kier molecular flexibility index (Phi) is 9.29. The highest BCUT2D eigenvalue weighted by Crippen LogP contribution is 2.43. The second kappa shape index (κ2) is 12.2. The number of fused-ring (bicyclic) bond motifs is 1. The quantitative estimate of drug-likeness (QED) is 0.215. The van der Waals surface area contributed by atoms with E-state index in [2.05, 4.69) is 20.6 Å². The first-order valence-corrected chi connectivity index (χ1v) is 13.0. The molecular formula is C25H35N5O2S2. The van der Waals surface area contributed by atoms with Crippen molar-refractivity contribution in [1.82, 2.24) is 15.3 Å². The Bertz CT molecular complexity index is 1090. The molecule has 0 saturated heterocycles. The maximum Gasteiger partial charge on any atom is 0.221 e. The molecule has 3 aromatic rings. The van der Waals surface area contributed by atoms with Crippen LogP contribution in [0.3, 0.4) is 0 Å². The predicted molar refractivity (Wildman–Crippen MR) is 145 cm³/mol. The van der Waals surface area contributed by atoms with Crippen LogP contribution in [0.4, 0.5) is 5.13 Å². The third-order valence-electron chi connectivity index (χ3n) is 6.04. The largest absolute Gasteiger partial charge is 0.497 e. The van der Waals surface area contributed by atoms with Crippen LogP contribution in [-0.4, -0.2) is 40.1 Å². The molecule has 2 aromatic heterocycles. The summed E-state index contributed by atoms with van der Waals surface area (Å²) >= 11 is 6.67. The lowest BCUT2D eigenvalue weighted by Gasteiger charge is -2.16. The summed E-state index contributed by atoms with van der Waals surface area (Å²) in [5, 5.41) is 10.9. The third-order valence-corrected chi connectivity index (χ3v) is 6.87. The van der Waals surface area contributed by atoms with Crippen LogP contribution in [0.1, 0.15) is 56.7 Å². The van der Waals surface area contributed by atoms with Gasteiger partial charge in [0.15, 0.2) is 5.13 Å². The molecule has 1 aliphatic carbocycles. The van der Waals surface area contributed by atoms with Gasteiger partial charge in [0.05, 0.1) is 18.5 Å². The van der Waals surface area contributed by atoms with Crippen LogP contribution < -0.4 is 21.1 Å². The number of benzene rings is 1. The molecule has 7 nitrogen and oxygen atoms in total. The van der Waals surface area contributed by atoms with Gasteiger partial charge in [0, 0.05) is 40.3 Å². The smallest absolute Gasteiger partial charge is 0.221 e. The van der Waals surface area contributed by atoms with Crippen LogP contribution in [0.5, 0.6) is 5.75 Å². The number of carbonyl (C=O) groups is 1. The number of nitrogens with zero attached hydrogens (tertiary/aromatic N) is 1. The molecule has 0 atom stereocenters. The summed E-state index contributed by atoms with van der Waals surface area (Å²) in [6, 6.07) is 5.73. The van der Waals surface area contributed by atoms with Crippen LogP contribution in [0, 0.1) is 6.92 Å². The van der Waals surface area contributed by atoms with Crippen molar-refractivity contribution in [2.75, 3.05) is 19.0 Å². The standard InChI is InChI=1S/C13H21N3S2.C12H14N2O2/c1-11(17)14-8-4-2-3-5-13(6-7-13)16-12-15-9-10-18-12;1-7-9(6-12(13)15)10-5-8(16-2)3-4-11(10)14-7/h9-10H,2-8H2,1H3,(H,14,17)(H,15,16);3-5,14H,6H2,1-2H3,(H2,13,15). The number of H-pyrrole nitrogens is 1. The predicted octanol–water partition coefficient (Wildman–Crippen LogP) is 5.10. The molecule has 34 heavy (non-hydrogen) atoms. The summed E-state index contributed by atoms with van der Waals surface area (Å²) in [4.78, 5) is 19.4. The van der Waals surface area contributed by atoms with Crippen molar-refractivity contribution in [1.29, 1.82) is 0 Å². The fourth-order valence-corrected chi connectivity index (χ4v) is 4.77. The summed E-state index contributed by atoms with van der Waals surface area (Å²) in [6.07, 6.45) is 9.74. The fourth-order valence-electron chi connectivity index (χ4n) is 4.02. The SMILES string of the molecule is CC(=S)NCCCCCC1(Nc2nccs2)CC1.COc1ccc2[nH]c(C)c(CC(N)=O)c2c1. The van der Waals surface area contributed by atoms with E-state index in [-0.39, 0.29) is 12.3 Å². The Morgan fingerprint density at radius 1 is 1.32 bits per heavy atom. The summed E-state index contributed by atoms with van der Waals surface area (Å²) in [5.41, 5.74) is 8.51. The molecule has 0 spiro atoms. The number of thiazole rings is 1. The van der Waals surface area contributed by atoms with Gasteiger partial charge in [0.2, 0.25) is 5.91 Å². The van der Waals surface area contributed by atoms with Gasteiger partial charge >= 0.3 is 0 Å². The molecule has 9 heteroatoms. The van der Waals surface area contributed by atoms with E-state index >= 15 is 0 Å². The first-order chi connectivity index (χ1) is 16.3. The number of ether oxygens (including phenoxy) is 1. The minimum atomic E-state index is -0.327. The van der Waals surface area contributed by atoms with Crippen LogP contribution in [0.15, 0.2) is 29.8 Å². The monoisotopic (exact) mass is 501 g/mol. The normalized spacial score (nSPS) is 13.6. The Morgan fingerprint density at radius 3 is 2.74 bits per heavy atom. The van der Waals surface area contributed by atoms with E-state index in [0.717, 1.165) is 44.6 Å². The number of unbranched alkanes of at least 4 members (excludes halogenated alkanes) is 2. The summed E-state index contributed by atoms with van der Waals surface area (Å²) in [6.45, 7) is 4.89. The number of carbonyl (C=O) groups excluding carboxylic acids is 1. The summed E-state index contributed by atoms with van der Waals surface area (Å²) < 4.78 is 5.16. The van der Waals surface area contributed by atoms with Crippen molar-refractivity contribution in [3.63, 3.8) is 0 Å². The molecule has 1 saturated carbocycles. The molecule has 0 bridgehead atoms. The zero-order valence-electron chi connectivity index (χ0n) is 20.2. The van der Waals surface area contributed by atoms with Crippen LogP contribution in [0.25, 0.3) is 10.9 Å². The van der Waals surface area contributed by atoms with Gasteiger partial charge in [-0.15, -0.1) is 11.3 Å². The van der Waals surface area contributed by atoms with Gasteiger partial charge in [-0.25, -0.2) is 4.98 Å². The molecular weight excluding hydrogens is 466 g/mol. The number of primary amides is 1. The average Bonchev–Trinajstić information content (AvgIpc) is 3.22. The Hall–Kier alpha value is -2.65. The van der Waals surface area contributed by atoms with E-state index in [9.17, 15) is 4.79 Å². The molecule has 0 unspecified atom stereocenters. The van der Waals surface area contributed by atoms with E-state index < -0.39 is 0 Å². The van der Waals surface area contributed by atoms with Crippen molar-refractivity contribution < 1.29 is 9.53 Å². The number of amides is 1. The number of nitrogens with two attached hydrogens (primary N) is 1. The van der Waals surface area contributed by atoms with E-state index in [1.165, 1.54) is 38.5 Å². The molecule has 1 amide bonds. The number of methoxy groups -OCH3 is 1. The fraction of sp³-hybridized carbons (Fsp3) is 0.480. The summed E-state index contributed by atoms with van der Waals surface area (Å²) in [5.74, 6) is 0.448. The molecule has 0 aliphatic heterocycles. The molecule has 5 N–H and O–H groups in total. The molecule has 184 valence electrons. The minimum absolute atomic E-state index is 0.249. The van der Waals surface area contributed by atoms with Crippen molar-refractivity contribution >= 4 is 50.5 Å². The van der Waals surface area contributed by atoms with Gasteiger partial charge < -0.3 is 26.1 Å². The highest BCUT2D eigenvalue weighted by molar-refractivity contribution is 7.80. The molecule has 0 radical (unpaired) electrons. The maximum atomic E-state index is 11.0. The van der Waals surface area contributed by atoms with Crippen LogP contribution in [-0.2, 0) is 11.2 Å². The lowest BCUT2D eigenvalue weighted by Crippen LogP contribution is -2.21. The zero-order valence-corrected chi connectivity index (χ0v) is 21.8. The van der Waals surface area contributed by atoms with Crippen molar-refractivity contribution in [2.24, 2.45) is 5.73 Å². The maximum absolute atomic E-state index is 11.0. The number of aryl methyl sites for hydroxylation is 1. The molecule has 4 rings (SSSR count). The molecule has 1 fully saturated rings. The van der Waals surface area contributed by atoms with Crippen LogP contribution >= 0.6 is 23.6 Å². The number of hydrogen-bond donors (Lipinski definition) is 4.